The Hall–Kier alpha value is -2.00. The number of benzene rings is 1. The zero-order chi connectivity index (χ0) is 18.4. The van der Waals surface area contributed by atoms with Crippen molar-refractivity contribution in [2.24, 2.45) is 5.10 Å². The molecule has 0 radical (unpaired) electrons. The van der Waals surface area contributed by atoms with Gasteiger partial charge in [-0.25, -0.2) is 4.79 Å². The summed E-state index contributed by atoms with van der Waals surface area (Å²) in [6, 6.07) is 4.64. The third-order valence-corrected chi connectivity index (χ3v) is 3.74. The molecule has 1 N–H and O–H groups in total. The second-order valence-electron chi connectivity index (χ2n) is 5.64. The van der Waals surface area contributed by atoms with Gasteiger partial charge >= 0.3 is 12.1 Å². The summed E-state index contributed by atoms with van der Waals surface area (Å²) in [6.45, 7) is 4.54. The standard InChI is InChI=1S/C16H21F3N4O2.ClH/c1-3-25-15(24)14(23-9-7-22(2)8-10-23)21-20-13-6-4-5-12(11-13)16(17,18)19;/h4-6,11,20H,3,7-10H2,1-2H3;1H. The number of rotatable bonds is 3. The third-order valence-electron chi connectivity index (χ3n) is 3.74. The molecule has 0 saturated carbocycles. The number of nitrogens with zero attached hydrogens (tertiary/aromatic N) is 3. The van der Waals surface area contributed by atoms with Crippen LogP contribution in [0.2, 0.25) is 0 Å². The van der Waals surface area contributed by atoms with Gasteiger partial charge in [0.25, 0.3) is 0 Å². The Bertz CT molecular complexity index is 632. The lowest BCUT2D eigenvalue weighted by Crippen LogP contribution is -2.50. The molecule has 0 aliphatic carbocycles. The number of ether oxygens (including phenoxy) is 1. The van der Waals surface area contributed by atoms with Gasteiger partial charge in [0.05, 0.1) is 17.9 Å². The van der Waals surface area contributed by atoms with Gasteiger partial charge in [0.1, 0.15) is 0 Å². The number of piperazine rings is 1. The fraction of sp³-hybridized carbons (Fsp3) is 0.500. The van der Waals surface area contributed by atoms with Gasteiger partial charge in [-0.1, -0.05) is 6.07 Å². The van der Waals surface area contributed by atoms with Gasteiger partial charge in [0.15, 0.2) is 0 Å². The fourth-order valence-corrected chi connectivity index (χ4v) is 2.34. The first-order valence-electron chi connectivity index (χ1n) is 7.93. The number of likely N-dealkylation sites (N-methyl/N-ethyl adjacent to an activating group) is 1. The van der Waals surface area contributed by atoms with Crippen LogP contribution in [0.15, 0.2) is 29.4 Å². The van der Waals surface area contributed by atoms with E-state index in [0.717, 1.165) is 25.2 Å². The van der Waals surface area contributed by atoms with Crippen LogP contribution in [-0.4, -0.2) is 61.4 Å². The minimum atomic E-state index is -4.44. The van der Waals surface area contributed by atoms with Crippen molar-refractivity contribution in [1.82, 2.24) is 9.80 Å². The average molecular weight is 395 g/mol. The monoisotopic (exact) mass is 394 g/mol. The topological polar surface area (TPSA) is 57.2 Å². The average Bonchev–Trinajstić information content (AvgIpc) is 2.56. The predicted molar refractivity (Wildman–Crippen MR) is 95.5 cm³/mol. The molecule has 0 spiro atoms. The van der Waals surface area contributed by atoms with Crippen LogP contribution in [-0.2, 0) is 15.7 Å². The third kappa shape index (κ3) is 6.06. The highest BCUT2D eigenvalue weighted by Crippen LogP contribution is 2.30. The highest BCUT2D eigenvalue weighted by Gasteiger charge is 2.30. The van der Waals surface area contributed by atoms with Crippen LogP contribution in [0, 0.1) is 0 Å². The van der Waals surface area contributed by atoms with Crippen molar-refractivity contribution in [2.45, 2.75) is 13.1 Å². The van der Waals surface area contributed by atoms with Gasteiger partial charge in [0.2, 0.25) is 5.84 Å². The highest BCUT2D eigenvalue weighted by molar-refractivity contribution is 6.35. The Morgan fingerprint density at radius 2 is 1.92 bits per heavy atom. The zero-order valence-corrected chi connectivity index (χ0v) is 15.4. The minimum Gasteiger partial charge on any atom is -0.460 e. The zero-order valence-electron chi connectivity index (χ0n) is 14.5. The van der Waals surface area contributed by atoms with E-state index >= 15 is 0 Å². The number of hydrogen-bond donors (Lipinski definition) is 1. The lowest BCUT2D eigenvalue weighted by molar-refractivity contribution is -0.138. The van der Waals surface area contributed by atoms with Gasteiger partial charge in [-0.05, 0) is 32.2 Å². The number of esters is 1. The molecule has 26 heavy (non-hydrogen) atoms. The first kappa shape index (κ1) is 22.0. The van der Waals surface area contributed by atoms with Gasteiger partial charge in [-0.2, -0.15) is 13.2 Å². The van der Waals surface area contributed by atoms with Crippen molar-refractivity contribution in [3.63, 3.8) is 0 Å². The normalized spacial score (nSPS) is 16.0. The smallest absolute Gasteiger partial charge is 0.416 e. The van der Waals surface area contributed by atoms with Crippen molar-refractivity contribution in [1.29, 1.82) is 0 Å². The van der Waals surface area contributed by atoms with E-state index in [-0.39, 0.29) is 30.5 Å². The number of hydrogen-bond acceptors (Lipinski definition) is 5. The Morgan fingerprint density at radius 3 is 2.50 bits per heavy atom. The fourth-order valence-electron chi connectivity index (χ4n) is 2.34. The van der Waals surface area contributed by atoms with Crippen molar-refractivity contribution in [2.75, 3.05) is 45.3 Å². The van der Waals surface area contributed by atoms with Crippen LogP contribution in [0.5, 0.6) is 0 Å². The number of carbonyl (C=O) groups is 1. The summed E-state index contributed by atoms with van der Waals surface area (Å²) in [6.07, 6.45) is -4.44. The maximum Gasteiger partial charge on any atom is 0.416 e. The number of alkyl halides is 3. The maximum atomic E-state index is 12.8. The summed E-state index contributed by atoms with van der Waals surface area (Å²) >= 11 is 0. The van der Waals surface area contributed by atoms with Crippen LogP contribution < -0.4 is 5.43 Å². The van der Waals surface area contributed by atoms with E-state index < -0.39 is 17.7 Å². The lowest BCUT2D eigenvalue weighted by Gasteiger charge is -2.33. The second-order valence-corrected chi connectivity index (χ2v) is 5.64. The van der Waals surface area contributed by atoms with E-state index in [0.29, 0.717) is 13.1 Å². The Labute approximate surface area is 156 Å². The minimum absolute atomic E-state index is 0. The Balaban J connectivity index is 0.00000338. The van der Waals surface area contributed by atoms with Crippen molar-refractivity contribution < 1.29 is 22.7 Å². The van der Waals surface area contributed by atoms with E-state index in [1.165, 1.54) is 12.1 Å². The second kappa shape index (κ2) is 9.63. The molecular weight excluding hydrogens is 373 g/mol. The molecule has 0 aromatic heterocycles. The number of hydrazone groups is 1. The molecule has 1 aliphatic heterocycles. The molecule has 1 aromatic rings. The van der Waals surface area contributed by atoms with Gasteiger partial charge in [-0.15, -0.1) is 17.5 Å². The molecule has 10 heteroatoms. The molecule has 0 unspecified atom stereocenters. The molecule has 0 bridgehead atoms. The first-order chi connectivity index (χ1) is 11.8. The molecular formula is C16H22ClF3N4O2. The van der Waals surface area contributed by atoms with Crippen LogP contribution in [0.4, 0.5) is 18.9 Å². The number of anilines is 1. The van der Waals surface area contributed by atoms with Crippen LogP contribution in [0.25, 0.3) is 0 Å². The number of halogens is 4. The van der Waals surface area contributed by atoms with Crippen molar-refractivity contribution >= 4 is 29.9 Å². The number of amidine groups is 1. The van der Waals surface area contributed by atoms with Crippen LogP contribution in [0.1, 0.15) is 12.5 Å². The SMILES string of the molecule is CCOC(=O)C(=NNc1cccc(C(F)(F)F)c1)N1CCN(C)CC1.Cl. The summed E-state index contributed by atoms with van der Waals surface area (Å²) in [4.78, 5) is 16.0. The quantitative estimate of drug-likeness (QED) is 0.370. The number of carbonyl (C=O) groups excluding carboxylic acids is 1. The molecule has 0 atom stereocenters. The summed E-state index contributed by atoms with van der Waals surface area (Å²) in [7, 11) is 1.97. The van der Waals surface area contributed by atoms with Gasteiger partial charge < -0.3 is 14.5 Å². The van der Waals surface area contributed by atoms with Crippen molar-refractivity contribution in [3.8, 4) is 0 Å². The van der Waals surface area contributed by atoms with Gasteiger partial charge in [0, 0.05) is 26.2 Å². The Kier molecular flexibility index (Phi) is 8.16. The summed E-state index contributed by atoms with van der Waals surface area (Å²) in [5.41, 5.74) is 1.89. The van der Waals surface area contributed by atoms with E-state index in [9.17, 15) is 18.0 Å². The highest BCUT2D eigenvalue weighted by atomic mass is 35.5. The Morgan fingerprint density at radius 1 is 1.27 bits per heavy atom. The van der Waals surface area contributed by atoms with E-state index in [1.54, 1.807) is 11.8 Å². The molecule has 1 saturated heterocycles. The molecule has 1 fully saturated rings. The molecule has 0 amide bonds. The molecule has 1 heterocycles. The van der Waals surface area contributed by atoms with E-state index in [4.69, 9.17) is 4.74 Å². The molecule has 1 aromatic carbocycles. The largest absolute Gasteiger partial charge is 0.460 e. The van der Waals surface area contributed by atoms with Crippen molar-refractivity contribution in [3.05, 3.63) is 29.8 Å². The summed E-state index contributed by atoms with van der Waals surface area (Å²) in [5, 5.41) is 4.02. The number of nitrogens with one attached hydrogen (secondary N) is 1. The maximum absolute atomic E-state index is 12.8. The van der Waals surface area contributed by atoms with Gasteiger partial charge in [-0.3, -0.25) is 5.43 Å². The lowest BCUT2D eigenvalue weighted by atomic mass is 10.2. The van der Waals surface area contributed by atoms with Crippen LogP contribution >= 0.6 is 12.4 Å². The summed E-state index contributed by atoms with van der Waals surface area (Å²) < 4.78 is 43.3. The molecule has 1 aliphatic rings. The predicted octanol–water partition coefficient (Wildman–Crippen LogP) is 2.66. The van der Waals surface area contributed by atoms with E-state index in [2.05, 4.69) is 15.4 Å². The molecule has 6 nitrogen and oxygen atoms in total. The summed E-state index contributed by atoms with van der Waals surface area (Å²) in [5.74, 6) is -0.543. The van der Waals surface area contributed by atoms with E-state index in [1.807, 2.05) is 7.05 Å². The molecule has 2 rings (SSSR count). The molecule has 146 valence electrons. The van der Waals surface area contributed by atoms with Crippen LogP contribution in [0.3, 0.4) is 0 Å². The first-order valence-corrected chi connectivity index (χ1v) is 7.93.